The third kappa shape index (κ3) is 2.57. The molecular weight excluding hydrogens is 338 g/mol. The molecule has 0 radical (unpaired) electrons. The fourth-order valence-electron chi connectivity index (χ4n) is 3.37. The van der Waals surface area contributed by atoms with Gasteiger partial charge in [0, 0.05) is 39.9 Å². The molecule has 0 spiro atoms. The van der Waals surface area contributed by atoms with Gasteiger partial charge in [-0.2, -0.15) is 0 Å². The minimum Gasteiger partial charge on any atom is -0.357 e. The van der Waals surface area contributed by atoms with E-state index in [0.717, 1.165) is 23.1 Å². The molecule has 0 bridgehead atoms. The van der Waals surface area contributed by atoms with Crippen molar-refractivity contribution in [1.29, 1.82) is 0 Å². The molecule has 1 aromatic carbocycles. The molecule has 3 nitrogen and oxygen atoms in total. The minimum atomic E-state index is 0.386. The Morgan fingerprint density at radius 1 is 1.27 bits per heavy atom. The summed E-state index contributed by atoms with van der Waals surface area (Å²) in [6.07, 6.45) is 5.41. The van der Waals surface area contributed by atoms with Crippen LogP contribution in [0, 0.1) is 0 Å². The van der Waals surface area contributed by atoms with Crippen molar-refractivity contribution in [3.05, 3.63) is 64.0 Å². The highest BCUT2D eigenvalue weighted by Crippen LogP contribution is 2.35. The van der Waals surface area contributed by atoms with Crippen molar-refractivity contribution in [2.24, 2.45) is 0 Å². The van der Waals surface area contributed by atoms with E-state index in [4.69, 9.17) is 0 Å². The average Bonchev–Trinajstić information content (AvgIpc) is 2.92. The van der Waals surface area contributed by atoms with Crippen LogP contribution in [-0.2, 0) is 13.0 Å². The lowest BCUT2D eigenvalue weighted by atomic mass is 9.91. The zero-order chi connectivity index (χ0) is 14.9. The van der Waals surface area contributed by atoms with E-state index in [2.05, 4.69) is 55.5 Å². The summed E-state index contributed by atoms with van der Waals surface area (Å²) in [5.41, 5.74) is 5.16. The van der Waals surface area contributed by atoms with Gasteiger partial charge in [0.1, 0.15) is 0 Å². The van der Waals surface area contributed by atoms with Gasteiger partial charge in [-0.3, -0.25) is 4.98 Å². The molecule has 3 aromatic rings. The molecule has 0 aliphatic heterocycles. The summed E-state index contributed by atoms with van der Waals surface area (Å²) in [4.78, 5) is 8.02. The first kappa shape index (κ1) is 14.0. The number of rotatable bonds is 3. The maximum absolute atomic E-state index is 4.39. The maximum atomic E-state index is 4.39. The van der Waals surface area contributed by atoms with E-state index in [-0.39, 0.29) is 0 Å². The lowest BCUT2D eigenvalue weighted by molar-refractivity contribution is 0.450. The molecule has 1 aliphatic rings. The first-order valence-electron chi connectivity index (χ1n) is 7.74. The molecule has 22 heavy (non-hydrogen) atoms. The molecule has 2 heterocycles. The Balaban J connectivity index is 1.63. The third-order valence-electron chi connectivity index (χ3n) is 4.42. The molecule has 0 amide bonds. The van der Waals surface area contributed by atoms with Crippen molar-refractivity contribution in [3.63, 3.8) is 0 Å². The van der Waals surface area contributed by atoms with Crippen LogP contribution >= 0.6 is 15.9 Å². The van der Waals surface area contributed by atoms with E-state index in [1.165, 1.54) is 35.0 Å². The predicted octanol–water partition coefficient (Wildman–Crippen LogP) is 4.49. The highest BCUT2D eigenvalue weighted by molar-refractivity contribution is 9.10. The highest BCUT2D eigenvalue weighted by atomic mass is 79.9. The molecule has 0 saturated heterocycles. The Morgan fingerprint density at radius 2 is 2.23 bits per heavy atom. The largest absolute Gasteiger partial charge is 0.357 e. The topological polar surface area (TPSA) is 40.7 Å². The van der Waals surface area contributed by atoms with Crippen LogP contribution in [0.4, 0.5) is 0 Å². The van der Waals surface area contributed by atoms with Crippen LogP contribution in [0.2, 0.25) is 0 Å². The number of benzene rings is 1. The summed E-state index contributed by atoms with van der Waals surface area (Å²) in [5.74, 6) is 0. The molecule has 112 valence electrons. The molecule has 2 N–H and O–H groups in total. The van der Waals surface area contributed by atoms with Crippen molar-refractivity contribution < 1.29 is 0 Å². The number of nitrogens with one attached hydrogen (secondary N) is 2. The molecule has 4 heteroatoms. The second-order valence-electron chi connectivity index (χ2n) is 5.85. The Hall–Kier alpha value is -1.65. The molecule has 0 saturated carbocycles. The van der Waals surface area contributed by atoms with Crippen molar-refractivity contribution in [3.8, 4) is 0 Å². The average molecular weight is 356 g/mol. The molecule has 1 unspecified atom stereocenters. The zero-order valence-corrected chi connectivity index (χ0v) is 13.9. The summed E-state index contributed by atoms with van der Waals surface area (Å²) in [6, 6.07) is 12.9. The van der Waals surface area contributed by atoms with Gasteiger partial charge >= 0.3 is 0 Å². The first-order valence-corrected chi connectivity index (χ1v) is 8.54. The van der Waals surface area contributed by atoms with E-state index < -0.39 is 0 Å². The standard InChI is InChI=1S/C18H18BrN3/c19-12-7-8-16-15(10-12)14-5-3-6-17(18(14)22-16)21-11-13-4-1-2-9-20-13/h1-2,4,7-10,17,21-22H,3,5-6,11H2. The number of fused-ring (bicyclic) bond motifs is 3. The van der Waals surface area contributed by atoms with Crippen LogP contribution in [0.1, 0.15) is 35.8 Å². The number of aromatic amines is 1. The van der Waals surface area contributed by atoms with E-state index in [0.29, 0.717) is 6.04 Å². The number of H-pyrrole nitrogens is 1. The Morgan fingerprint density at radius 3 is 3.09 bits per heavy atom. The molecule has 0 fully saturated rings. The SMILES string of the molecule is Brc1ccc2[nH]c3c(c2c1)CCCC3NCc1ccccn1. The number of aryl methyl sites for hydroxylation is 1. The third-order valence-corrected chi connectivity index (χ3v) is 4.92. The highest BCUT2D eigenvalue weighted by Gasteiger charge is 2.23. The van der Waals surface area contributed by atoms with Gasteiger partial charge in [-0.25, -0.2) is 0 Å². The zero-order valence-electron chi connectivity index (χ0n) is 12.3. The van der Waals surface area contributed by atoms with E-state index >= 15 is 0 Å². The van der Waals surface area contributed by atoms with Crippen LogP contribution in [-0.4, -0.2) is 9.97 Å². The monoisotopic (exact) mass is 355 g/mol. The number of aromatic nitrogens is 2. The number of pyridine rings is 1. The van der Waals surface area contributed by atoms with Gasteiger partial charge in [0.15, 0.2) is 0 Å². The van der Waals surface area contributed by atoms with Gasteiger partial charge in [-0.05, 0) is 55.2 Å². The number of nitrogens with zero attached hydrogens (tertiary/aromatic N) is 1. The summed E-state index contributed by atoms with van der Waals surface area (Å²) in [5, 5.41) is 5.02. The second kappa shape index (κ2) is 5.86. The van der Waals surface area contributed by atoms with Crippen LogP contribution in [0.25, 0.3) is 10.9 Å². The molecule has 1 atom stereocenters. The normalized spacial score (nSPS) is 17.6. The lowest BCUT2D eigenvalue weighted by Crippen LogP contribution is -2.25. The summed E-state index contributed by atoms with van der Waals surface area (Å²) < 4.78 is 1.14. The Labute approximate surface area is 138 Å². The lowest BCUT2D eigenvalue weighted by Gasteiger charge is -2.23. The van der Waals surface area contributed by atoms with Gasteiger partial charge in [-0.1, -0.05) is 22.0 Å². The van der Waals surface area contributed by atoms with Crippen LogP contribution < -0.4 is 5.32 Å². The van der Waals surface area contributed by atoms with Gasteiger partial charge < -0.3 is 10.3 Å². The second-order valence-corrected chi connectivity index (χ2v) is 6.77. The fourth-order valence-corrected chi connectivity index (χ4v) is 3.73. The van der Waals surface area contributed by atoms with Gasteiger partial charge in [0.2, 0.25) is 0 Å². The first-order chi connectivity index (χ1) is 10.8. The minimum absolute atomic E-state index is 0.386. The van der Waals surface area contributed by atoms with Crippen molar-refractivity contribution in [2.45, 2.75) is 31.8 Å². The fraction of sp³-hybridized carbons (Fsp3) is 0.278. The van der Waals surface area contributed by atoms with Crippen LogP contribution in [0.15, 0.2) is 47.1 Å². The van der Waals surface area contributed by atoms with Gasteiger partial charge in [0.05, 0.1) is 5.69 Å². The molecule has 1 aliphatic carbocycles. The van der Waals surface area contributed by atoms with E-state index in [9.17, 15) is 0 Å². The number of hydrogen-bond donors (Lipinski definition) is 2. The van der Waals surface area contributed by atoms with Crippen molar-refractivity contribution >= 4 is 26.8 Å². The van der Waals surface area contributed by atoms with Crippen LogP contribution in [0.3, 0.4) is 0 Å². The molecule has 2 aromatic heterocycles. The summed E-state index contributed by atoms with van der Waals surface area (Å²) in [7, 11) is 0. The Kier molecular flexibility index (Phi) is 3.72. The van der Waals surface area contributed by atoms with E-state index in [1.54, 1.807) is 0 Å². The Bertz CT molecular complexity index is 795. The quantitative estimate of drug-likeness (QED) is 0.726. The number of halogens is 1. The van der Waals surface area contributed by atoms with E-state index in [1.807, 2.05) is 18.3 Å². The smallest absolute Gasteiger partial charge is 0.0541 e. The molecular formula is C18H18BrN3. The predicted molar refractivity (Wildman–Crippen MR) is 92.8 cm³/mol. The van der Waals surface area contributed by atoms with Crippen LogP contribution in [0.5, 0.6) is 0 Å². The van der Waals surface area contributed by atoms with Gasteiger partial charge in [0.25, 0.3) is 0 Å². The maximum Gasteiger partial charge on any atom is 0.0541 e. The van der Waals surface area contributed by atoms with Crippen molar-refractivity contribution in [2.75, 3.05) is 0 Å². The van der Waals surface area contributed by atoms with Gasteiger partial charge in [-0.15, -0.1) is 0 Å². The number of hydrogen-bond acceptors (Lipinski definition) is 2. The van der Waals surface area contributed by atoms with Crippen molar-refractivity contribution in [1.82, 2.24) is 15.3 Å². The molecule has 4 rings (SSSR count). The summed E-state index contributed by atoms with van der Waals surface area (Å²) in [6.45, 7) is 0.810. The summed E-state index contributed by atoms with van der Waals surface area (Å²) >= 11 is 3.58.